The monoisotopic (exact) mass is 421 g/mol. The summed E-state index contributed by atoms with van der Waals surface area (Å²) in [5.74, 6) is 6.55. The zero-order valence-corrected chi connectivity index (χ0v) is 20.8. The maximum absolute atomic E-state index is 6.24. The molecule has 2 spiro atoms. The third kappa shape index (κ3) is 2.29. The van der Waals surface area contributed by atoms with Crippen molar-refractivity contribution >= 4 is 0 Å². The van der Waals surface area contributed by atoms with Gasteiger partial charge >= 0.3 is 0 Å². The Morgan fingerprint density at radius 2 is 1.71 bits per heavy atom. The lowest BCUT2D eigenvalue weighted by Crippen LogP contribution is -2.43. The van der Waals surface area contributed by atoms with Crippen molar-refractivity contribution in [1.82, 2.24) is 0 Å². The average molecular weight is 422 g/mol. The van der Waals surface area contributed by atoms with E-state index < -0.39 is 0 Å². The van der Waals surface area contributed by atoms with Gasteiger partial charge in [0.25, 0.3) is 0 Å². The van der Waals surface area contributed by atoms with Gasteiger partial charge in [-0.25, -0.2) is 0 Å². The second kappa shape index (κ2) is 6.74. The molecule has 9 unspecified atom stereocenters. The van der Waals surface area contributed by atoms with Gasteiger partial charge in [0.15, 0.2) is 0 Å². The van der Waals surface area contributed by atoms with Gasteiger partial charge in [0.2, 0.25) is 0 Å². The summed E-state index contributed by atoms with van der Waals surface area (Å²) in [6.45, 7) is 15.4. The van der Waals surface area contributed by atoms with Gasteiger partial charge in [-0.15, -0.1) is 0 Å². The van der Waals surface area contributed by atoms with Crippen LogP contribution in [0.3, 0.4) is 0 Å². The highest BCUT2D eigenvalue weighted by Crippen LogP contribution is 2.91. The fraction of sp³-hybridized carbons (Fsp3) is 0.867. The Morgan fingerprint density at radius 3 is 2.42 bits per heavy atom. The fourth-order valence-corrected chi connectivity index (χ4v) is 12.0. The van der Waals surface area contributed by atoms with Crippen LogP contribution >= 0.6 is 0 Å². The first-order valence-electron chi connectivity index (χ1n) is 14.0. The molecule has 0 radical (unpaired) electrons. The molecule has 5 saturated carbocycles. The van der Waals surface area contributed by atoms with Gasteiger partial charge in [0, 0.05) is 0 Å². The smallest absolute Gasteiger partial charge is 0.00269 e. The van der Waals surface area contributed by atoms with Crippen molar-refractivity contribution in [3.63, 3.8) is 0 Å². The predicted molar refractivity (Wildman–Crippen MR) is 130 cm³/mol. The third-order valence-electron chi connectivity index (χ3n) is 12.6. The maximum Gasteiger partial charge on any atom is -0.00269 e. The molecule has 2 N–H and O–H groups in total. The second-order valence-electron chi connectivity index (χ2n) is 13.3. The third-order valence-corrected chi connectivity index (χ3v) is 12.6. The minimum absolute atomic E-state index is 0.378. The average Bonchev–Trinajstić information content (AvgIpc) is 2.99. The molecule has 6 rings (SSSR count). The van der Waals surface area contributed by atoms with E-state index in [2.05, 4.69) is 34.3 Å². The molecule has 1 heteroatoms. The van der Waals surface area contributed by atoms with E-state index in [1.165, 1.54) is 56.9 Å². The number of hydrogen-bond donors (Lipinski definition) is 1. The van der Waals surface area contributed by atoms with E-state index >= 15 is 0 Å². The van der Waals surface area contributed by atoms with Gasteiger partial charge in [0.05, 0.1) is 0 Å². The Bertz CT molecular complexity index is 820. The van der Waals surface area contributed by atoms with Gasteiger partial charge in [-0.3, -0.25) is 0 Å². The highest BCUT2D eigenvalue weighted by Gasteiger charge is 2.85. The molecule has 0 bridgehead atoms. The molecule has 6 aliphatic rings. The van der Waals surface area contributed by atoms with E-state index in [9.17, 15) is 0 Å². The fourth-order valence-electron chi connectivity index (χ4n) is 12.0. The molecule has 1 nitrogen and oxygen atoms in total. The van der Waals surface area contributed by atoms with Gasteiger partial charge < -0.3 is 5.73 Å². The molecule has 5 fully saturated rings. The molecule has 9 atom stereocenters. The summed E-state index contributed by atoms with van der Waals surface area (Å²) in [6.07, 6.45) is 15.9. The van der Waals surface area contributed by atoms with E-state index in [4.69, 9.17) is 5.73 Å². The summed E-state index contributed by atoms with van der Waals surface area (Å²) in [5.41, 5.74) is 13.2. The van der Waals surface area contributed by atoms with Crippen molar-refractivity contribution in [2.24, 2.45) is 63.4 Å². The summed E-state index contributed by atoms with van der Waals surface area (Å²) in [5, 5.41) is 0. The van der Waals surface area contributed by atoms with Crippen LogP contribution in [0.2, 0.25) is 0 Å². The van der Waals surface area contributed by atoms with Crippen LogP contribution in [0.4, 0.5) is 0 Å². The van der Waals surface area contributed by atoms with Crippen molar-refractivity contribution in [2.75, 3.05) is 6.54 Å². The van der Waals surface area contributed by atoms with Crippen LogP contribution < -0.4 is 5.73 Å². The minimum atomic E-state index is 0.378. The number of rotatable bonds is 4. The molecule has 0 aromatic heterocycles. The molecule has 0 saturated heterocycles. The van der Waals surface area contributed by atoms with Gasteiger partial charge in [-0.1, -0.05) is 51.8 Å². The second-order valence-corrected chi connectivity index (χ2v) is 13.3. The first-order valence-corrected chi connectivity index (χ1v) is 14.0. The lowest BCUT2D eigenvalue weighted by Gasteiger charge is -2.51. The Labute approximate surface area is 191 Å². The predicted octanol–water partition coefficient (Wildman–Crippen LogP) is 7.52. The Hall–Kier alpha value is -0.560. The zero-order valence-electron chi connectivity index (χ0n) is 20.8. The Morgan fingerprint density at radius 1 is 1.00 bits per heavy atom. The van der Waals surface area contributed by atoms with Crippen LogP contribution in [0.5, 0.6) is 0 Å². The lowest BCUT2D eigenvalue weighted by molar-refractivity contribution is 0.0498. The highest BCUT2D eigenvalue weighted by molar-refractivity contribution is 5.50. The highest BCUT2D eigenvalue weighted by atomic mass is 14.9. The summed E-state index contributed by atoms with van der Waals surface area (Å²) >= 11 is 0. The molecule has 0 heterocycles. The molecular formula is C30H47N. The standard InChI is InChI=1S/C30H47N/c1-6-21-9-13-29-23(20(21)5)11-14-30(29)24-10-12-28(15-16-31)17-19(4)26(18(2)3)27(28)22(24)7-8-25(29)30/h18,20-25H,4,6-17,31H2,1-3,5H3. The van der Waals surface area contributed by atoms with E-state index in [1.54, 1.807) is 24.8 Å². The summed E-state index contributed by atoms with van der Waals surface area (Å²) in [4.78, 5) is 0. The van der Waals surface area contributed by atoms with E-state index in [0.29, 0.717) is 11.3 Å². The normalized spacial score (nSPS) is 52.5. The molecule has 0 aromatic carbocycles. The molecule has 6 aliphatic carbocycles. The van der Waals surface area contributed by atoms with Crippen LogP contribution in [0.25, 0.3) is 0 Å². The van der Waals surface area contributed by atoms with Crippen molar-refractivity contribution in [3.05, 3.63) is 23.3 Å². The number of allylic oxidation sites excluding steroid dienone is 3. The minimum Gasteiger partial charge on any atom is -0.330 e. The van der Waals surface area contributed by atoms with E-state index in [-0.39, 0.29) is 0 Å². The quantitative estimate of drug-likeness (QED) is 0.499. The largest absolute Gasteiger partial charge is 0.330 e. The first-order chi connectivity index (χ1) is 14.9. The molecule has 0 aliphatic heterocycles. The molecule has 172 valence electrons. The van der Waals surface area contributed by atoms with Crippen LogP contribution in [0, 0.1) is 57.7 Å². The van der Waals surface area contributed by atoms with Crippen molar-refractivity contribution in [2.45, 2.75) is 98.3 Å². The van der Waals surface area contributed by atoms with Gasteiger partial charge in [-0.2, -0.15) is 0 Å². The Kier molecular flexibility index (Phi) is 4.57. The van der Waals surface area contributed by atoms with E-state index in [1.807, 2.05) is 5.57 Å². The van der Waals surface area contributed by atoms with Crippen LogP contribution in [0.15, 0.2) is 23.3 Å². The SMILES string of the molecule is C=C1CC2(CCN)CCC3C(CCC4C35CCC3C(C)C(CC)CCC345)C2=C1C(C)C. The van der Waals surface area contributed by atoms with Gasteiger partial charge in [0.1, 0.15) is 0 Å². The summed E-state index contributed by atoms with van der Waals surface area (Å²) in [6, 6.07) is 0. The summed E-state index contributed by atoms with van der Waals surface area (Å²) in [7, 11) is 0. The number of nitrogens with two attached hydrogens (primary N) is 1. The lowest BCUT2D eigenvalue weighted by atomic mass is 9.53. The summed E-state index contributed by atoms with van der Waals surface area (Å²) < 4.78 is 0. The molecule has 0 amide bonds. The molecule has 31 heavy (non-hydrogen) atoms. The van der Waals surface area contributed by atoms with Crippen molar-refractivity contribution < 1.29 is 0 Å². The van der Waals surface area contributed by atoms with Crippen LogP contribution in [0.1, 0.15) is 98.3 Å². The number of hydrogen-bond acceptors (Lipinski definition) is 1. The topological polar surface area (TPSA) is 26.0 Å². The number of fused-ring (bicyclic) bond motifs is 3. The zero-order chi connectivity index (χ0) is 21.8. The van der Waals surface area contributed by atoms with Crippen molar-refractivity contribution in [3.8, 4) is 0 Å². The van der Waals surface area contributed by atoms with Crippen LogP contribution in [-0.4, -0.2) is 6.54 Å². The van der Waals surface area contributed by atoms with Gasteiger partial charge in [-0.05, 0) is 134 Å². The maximum atomic E-state index is 6.24. The Balaban J connectivity index is 1.41. The molecule has 0 aromatic rings. The van der Waals surface area contributed by atoms with Crippen LogP contribution in [-0.2, 0) is 0 Å². The molecular weight excluding hydrogens is 374 g/mol. The first kappa shape index (κ1) is 21.0. The van der Waals surface area contributed by atoms with E-state index in [0.717, 1.165) is 52.9 Å². The van der Waals surface area contributed by atoms with Crippen molar-refractivity contribution in [1.29, 1.82) is 0 Å².